The zero-order valence-corrected chi connectivity index (χ0v) is 21.4. The standard InChI is InChI=1S/C29H27N3O4S/c1-22-8-6-7-9-25(22)21-32(37(2,34)35)26-16-14-24(15-17-26)29(33)31-30-20-23-12-18-28(19-13-23)36-27-10-4-3-5-11-27/h3-20H,21H2,1-2H3,(H,31,33)/b30-20-. The van der Waals surface area contributed by atoms with Crippen LogP contribution in [0.4, 0.5) is 5.69 Å². The van der Waals surface area contributed by atoms with E-state index in [-0.39, 0.29) is 6.54 Å². The van der Waals surface area contributed by atoms with E-state index in [1.807, 2.05) is 85.8 Å². The van der Waals surface area contributed by atoms with Crippen LogP contribution in [0.1, 0.15) is 27.0 Å². The molecular weight excluding hydrogens is 486 g/mol. The summed E-state index contributed by atoms with van der Waals surface area (Å²) < 4.78 is 32.0. The van der Waals surface area contributed by atoms with Crippen LogP contribution in [0.2, 0.25) is 0 Å². The quantitative estimate of drug-likeness (QED) is 0.236. The summed E-state index contributed by atoms with van der Waals surface area (Å²) in [6, 6.07) is 30.8. The van der Waals surface area contributed by atoms with Crippen LogP contribution in [0.3, 0.4) is 0 Å². The Bertz CT molecular complexity index is 1480. The summed E-state index contributed by atoms with van der Waals surface area (Å²) in [5.74, 6) is 1.03. The Morgan fingerprint density at radius 1 is 0.865 bits per heavy atom. The first-order chi connectivity index (χ1) is 17.8. The number of rotatable bonds is 9. The number of nitrogens with one attached hydrogen (secondary N) is 1. The van der Waals surface area contributed by atoms with Crippen LogP contribution < -0.4 is 14.5 Å². The average Bonchev–Trinajstić information content (AvgIpc) is 2.89. The van der Waals surface area contributed by atoms with Gasteiger partial charge in [-0.3, -0.25) is 9.10 Å². The van der Waals surface area contributed by atoms with Gasteiger partial charge in [0.05, 0.1) is 24.7 Å². The van der Waals surface area contributed by atoms with E-state index in [1.54, 1.807) is 24.3 Å². The molecule has 4 aromatic rings. The molecule has 0 saturated heterocycles. The minimum atomic E-state index is -3.53. The second-order valence-corrected chi connectivity index (χ2v) is 10.3. The van der Waals surface area contributed by atoms with Crippen LogP contribution in [0.15, 0.2) is 108 Å². The highest BCUT2D eigenvalue weighted by Crippen LogP contribution is 2.23. The van der Waals surface area contributed by atoms with E-state index in [1.165, 1.54) is 16.8 Å². The van der Waals surface area contributed by atoms with Crippen molar-refractivity contribution in [1.82, 2.24) is 5.43 Å². The van der Waals surface area contributed by atoms with Crippen LogP contribution in [0.5, 0.6) is 11.5 Å². The van der Waals surface area contributed by atoms with Crippen molar-refractivity contribution < 1.29 is 17.9 Å². The van der Waals surface area contributed by atoms with Gasteiger partial charge in [0.15, 0.2) is 0 Å². The Morgan fingerprint density at radius 3 is 2.14 bits per heavy atom. The van der Waals surface area contributed by atoms with E-state index in [2.05, 4.69) is 10.5 Å². The van der Waals surface area contributed by atoms with Crippen molar-refractivity contribution in [3.63, 3.8) is 0 Å². The highest BCUT2D eigenvalue weighted by atomic mass is 32.2. The average molecular weight is 514 g/mol. The molecule has 0 aliphatic heterocycles. The summed E-state index contributed by atoms with van der Waals surface area (Å²) in [5.41, 5.74) is 6.03. The van der Waals surface area contributed by atoms with E-state index in [9.17, 15) is 13.2 Å². The second-order valence-electron chi connectivity index (χ2n) is 8.43. The fourth-order valence-electron chi connectivity index (χ4n) is 3.60. The minimum absolute atomic E-state index is 0.205. The van der Waals surface area contributed by atoms with Gasteiger partial charge in [0.25, 0.3) is 5.91 Å². The lowest BCUT2D eigenvalue weighted by Crippen LogP contribution is -2.29. The van der Waals surface area contributed by atoms with Gasteiger partial charge < -0.3 is 4.74 Å². The van der Waals surface area contributed by atoms with Crippen LogP contribution in [0, 0.1) is 6.92 Å². The first-order valence-corrected chi connectivity index (χ1v) is 13.4. The van der Waals surface area contributed by atoms with Gasteiger partial charge in [0, 0.05) is 5.56 Å². The van der Waals surface area contributed by atoms with E-state index in [0.29, 0.717) is 17.0 Å². The first kappa shape index (κ1) is 25.7. The van der Waals surface area contributed by atoms with Crippen molar-refractivity contribution in [2.45, 2.75) is 13.5 Å². The highest BCUT2D eigenvalue weighted by molar-refractivity contribution is 7.92. The Balaban J connectivity index is 1.38. The lowest BCUT2D eigenvalue weighted by atomic mass is 10.1. The molecule has 8 heteroatoms. The van der Waals surface area contributed by atoms with Gasteiger partial charge in [-0.2, -0.15) is 5.10 Å². The van der Waals surface area contributed by atoms with Crippen molar-refractivity contribution in [3.8, 4) is 11.5 Å². The third-order valence-corrected chi connectivity index (χ3v) is 6.77. The predicted octanol–water partition coefficient (Wildman–Crippen LogP) is 5.52. The number of ether oxygens (including phenoxy) is 1. The molecule has 0 aromatic heterocycles. The summed E-state index contributed by atoms with van der Waals surface area (Å²) in [5, 5.41) is 4.02. The maximum absolute atomic E-state index is 12.5. The van der Waals surface area contributed by atoms with E-state index in [0.717, 1.165) is 22.4 Å². The van der Waals surface area contributed by atoms with Gasteiger partial charge in [-0.25, -0.2) is 13.8 Å². The number of carbonyl (C=O) groups is 1. The predicted molar refractivity (Wildman–Crippen MR) is 147 cm³/mol. The molecule has 7 nitrogen and oxygen atoms in total. The third kappa shape index (κ3) is 7.05. The molecule has 1 N–H and O–H groups in total. The Hall–Kier alpha value is -4.43. The van der Waals surface area contributed by atoms with Gasteiger partial charge >= 0.3 is 0 Å². The number of hydrazone groups is 1. The van der Waals surface area contributed by atoms with Gasteiger partial charge in [0.2, 0.25) is 10.0 Å². The molecule has 37 heavy (non-hydrogen) atoms. The number of amides is 1. The second kappa shape index (κ2) is 11.5. The molecule has 4 aromatic carbocycles. The summed E-state index contributed by atoms with van der Waals surface area (Å²) in [6.07, 6.45) is 2.70. The van der Waals surface area contributed by atoms with Gasteiger partial charge in [-0.05, 0) is 84.3 Å². The number of nitrogens with zero attached hydrogens (tertiary/aromatic N) is 2. The Morgan fingerprint density at radius 2 is 1.49 bits per heavy atom. The Kier molecular flexibility index (Phi) is 8.00. The molecular formula is C29H27N3O4S. The zero-order chi connectivity index (χ0) is 26.3. The molecule has 0 aliphatic carbocycles. The van der Waals surface area contributed by atoms with Crippen LogP contribution in [-0.2, 0) is 16.6 Å². The molecule has 188 valence electrons. The van der Waals surface area contributed by atoms with Gasteiger partial charge in [0.1, 0.15) is 11.5 Å². The maximum Gasteiger partial charge on any atom is 0.271 e. The zero-order valence-electron chi connectivity index (χ0n) is 20.5. The normalized spacial score (nSPS) is 11.3. The molecule has 0 atom stereocenters. The number of hydrogen-bond donors (Lipinski definition) is 1. The summed E-state index contributed by atoms with van der Waals surface area (Å²) in [4.78, 5) is 12.5. The number of benzene rings is 4. The lowest BCUT2D eigenvalue weighted by molar-refractivity contribution is 0.0955. The molecule has 0 spiro atoms. The van der Waals surface area contributed by atoms with Gasteiger partial charge in [-0.1, -0.05) is 42.5 Å². The van der Waals surface area contributed by atoms with Crippen molar-refractivity contribution >= 4 is 27.8 Å². The molecule has 4 rings (SSSR count). The molecule has 0 unspecified atom stereocenters. The van der Waals surface area contributed by atoms with Crippen LogP contribution >= 0.6 is 0 Å². The fourth-order valence-corrected chi connectivity index (χ4v) is 4.48. The van der Waals surface area contributed by atoms with Crippen molar-refractivity contribution in [2.75, 3.05) is 10.6 Å². The van der Waals surface area contributed by atoms with Crippen LogP contribution in [0.25, 0.3) is 0 Å². The molecule has 0 heterocycles. The number of aryl methyl sites for hydroxylation is 1. The number of carbonyl (C=O) groups excluding carboxylic acids is 1. The molecule has 0 saturated carbocycles. The third-order valence-electron chi connectivity index (χ3n) is 5.63. The number of anilines is 1. The van der Waals surface area contributed by atoms with Crippen LogP contribution in [-0.4, -0.2) is 26.8 Å². The molecule has 0 radical (unpaired) electrons. The van der Waals surface area contributed by atoms with Gasteiger partial charge in [-0.15, -0.1) is 0 Å². The van der Waals surface area contributed by atoms with Crippen molar-refractivity contribution in [2.24, 2.45) is 5.10 Å². The lowest BCUT2D eigenvalue weighted by Gasteiger charge is -2.23. The number of para-hydroxylation sites is 1. The molecule has 0 aliphatic rings. The van der Waals surface area contributed by atoms with E-state index < -0.39 is 15.9 Å². The maximum atomic E-state index is 12.5. The smallest absolute Gasteiger partial charge is 0.271 e. The van der Waals surface area contributed by atoms with Crippen molar-refractivity contribution in [1.29, 1.82) is 0 Å². The SMILES string of the molecule is Cc1ccccc1CN(c1ccc(C(=O)N/N=C\c2ccc(Oc3ccccc3)cc2)cc1)S(C)(=O)=O. The molecule has 1 amide bonds. The largest absolute Gasteiger partial charge is 0.457 e. The van der Waals surface area contributed by atoms with E-state index in [4.69, 9.17) is 4.74 Å². The first-order valence-electron chi connectivity index (χ1n) is 11.6. The number of sulfonamides is 1. The summed E-state index contributed by atoms with van der Waals surface area (Å²) in [6.45, 7) is 2.15. The summed E-state index contributed by atoms with van der Waals surface area (Å²) >= 11 is 0. The Labute approximate surface area is 217 Å². The van der Waals surface area contributed by atoms with Crippen molar-refractivity contribution in [3.05, 3.63) is 125 Å². The number of hydrogen-bond acceptors (Lipinski definition) is 5. The molecule has 0 bridgehead atoms. The summed E-state index contributed by atoms with van der Waals surface area (Å²) in [7, 11) is -3.53. The monoisotopic (exact) mass is 513 g/mol. The fraction of sp³-hybridized carbons (Fsp3) is 0.103. The topological polar surface area (TPSA) is 88.1 Å². The minimum Gasteiger partial charge on any atom is -0.457 e. The highest BCUT2D eigenvalue weighted by Gasteiger charge is 2.19. The molecule has 0 fully saturated rings. The van der Waals surface area contributed by atoms with E-state index >= 15 is 0 Å².